The van der Waals surface area contributed by atoms with Gasteiger partial charge in [0.25, 0.3) is 0 Å². The van der Waals surface area contributed by atoms with E-state index in [0.717, 1.165) is 12.1 Å². The van der Waals surface area contributed by atoms with Crippen LogP contribution in [0, 0.1) is 6.92 Å². The number of aromatic nitrogens is 3. The molecule has 1 heterocycles. The molecule has 0 saturated carbocycles. The minimum atomic E-state index is -4.40. The second-order valence-electron chi connectivity index (χ2n) is 5.25. The summed E-state index contributed by atoms with van der Waals surface area (Å²) >= 11 is 1.22. The van der Waals surface area contributed by atoms with Crippen LogP contribution in [0.2, 0.25) is 0 Å². The normalized spacial score (nSPS) is 12.7. The van der Waals surface area contributed by atoms with Crippen LogP contribution in [0.15, 0.2) is 42.1 Å². The minimum Gasteiger partial charge on any atom is -0.325 e. The number of aryl methyl sites for hydroxylation is 1. The van der Waals surface area contributed by atoms with Crippen LogP contribution in [0.25, 0.3) is 0 Å². The highest BCUT2D eigenvalue weighted by Gasteiger charge is 2.30. The quantitative estimate of drug-likeness (QED) is 0.619. The average molecular weight is 370 g/mol. The van der Waals surface area contributed by atoms with Crippen molar-refractivity contribution in [2.75, 3.05) is 5.32 Å². The Bertz CT molecular complexity index is 756. The summed E-state index contributed by atoms with van der Waals surface area (Å²) in [7, 11) is 0. The van der Waals surface area contributed by atoms with Gasteiger partial charge in [0.05, 0.1) is 10.8 Å². The van der Waals surface area contributed by atoms with Crippen molar-refractivity contribution in [2.45, 2.75) is 37.0 Å². The smallest absolute Gasteiger partial charge is 0.325 e. The van der Waals surface area contributed by atoms with Gasteiger partial charge < -0.3 is 9.88 Å². The van der Waals surface area contributed by atoms with Gasteiger partial charge in [-0.15, -0.1) is 16.8 Å². The van der Waals surface area contributed by atoms with E-state index < -0.39 is 17.0 Å². The molecular weight excluding hydrogens is 353 g/mol. The number of nitrogens with one attached hydrogen (secondary N) is 1. The molecule has 0 bridgehead atoms. The van der Waals surface area contributed by atoms with Gasteiger partial charge in [-0.05, 0) is 38.1 Å². The SMILES string of the molecule is C=CCn1c(C)nnc1SC(C)C(=O)Nc1ccc(C(F)(F)F)cc1. The molecule has 1 aromatic heterocycles. The molecule has 1 N–H and O–H groups in total. The van der Waals surface area contributed by atoms with Crippen LogP contribution in [0.1, 0.15) is 18.3 Å². The number of benzene rings is 1. The van der Waals surface area contributed by atoms with E-state index in [0.29, 0.717) is 23.2 Å². The molecule has 0 saturated heterocycles. The van der Waals surface area contributed by atoms with Crippen LogP contribution in [0.3, 0.4) is 0 Å². The van der Waals surface area contributed by atoms with E-state index in [2.05, 4.69) is 22.1 Å². The van der Waals surface area contributed by atoms with Gasteiger partial charge in [0.2, 0.25) is 5.91 Å². The summed E-state index contributed by atoms with van der Waals surface area (Å²) in [6.45, 7) is 7.68. The van der Waals surface area contributed by atoms with Crippen molar-refractivity contribution in [1.82, 2.24) is 14.8 Å². The number of carbonyl (C=O) groups is 1. The standard InChI is InChI=1S/C16H17F3N4OS/c1-4-9-23-11(3)21-22-15(23)25-10(2)14(24)20-13-7-5-12(6-8-13)16(17,18)19/h4-8,10H,1,9H2,2-3H3,(H,20,24). The van der Waals surface area contributed by atoms with Crippen LogP contribution < -0.4 is 5.32 Å². The second kappa shape index (κ2) is 7.73. The maximum Gasteiger partial charge on any atom is 0.416 e. The summed E-state index contributed by atoms with van der Waals surface area (Å²) in [5.41, 5.74) is -0.463. The lowest BCUT2D eigenvalue weighted by molar-refractivity contribution is -0.137. The van der Waals surface area contributed by atoms with E-state index in [9.17, 15) is 18.0 Å². The van der Waals surface area contributed by atoms with Crippen LogP contribution >= 0.6 is 11.8 Å². The molecule has 2 rings (SSSR count). The monoisotopic (exact) mass is 370 g/mol. The third-order valence-electron chi connectivity index (χ3n) is 3.34. The number of rotatable bonds is 6. The minimum absolute atomic E-state index is 0.300. The molecule has 5 nitrogen and oxygen atoms in total. The Kier molecular flexibility index (Phi) is 5.89. The fraction of sp³-hybridized carbons (Fsp3) is 0.312. The zero-order valence-corrected chi connectivity index (χ0v) is 14.5. The first kappa shape index (κ1) is 19.0. The van der Waals surface area contributed by atoms with Crippen LogP contribution in [0.4, 0.5) is 18.9 Å². The van der Waals surface area contributed by atoms with Gasteiger partial charge >= 0.3 is 6.18 Å². The molecule has 9 heteroatoms. The van der Waals surface area contributed by atoms with E-state index in [4.69, 9.17) is 0 Å². The van der Waals surface area contributed by atoms with Gasteiger partial charge in [-0.1, -0.05) is 17.8 Å². The van der Waals surface area contributed by atoms with Crippen molar-refractivity contribution in [3.63, 3.8) is 0 Å². The van der Waals surface area contributed by atoms with Crippen molar-refractivity contribution in [3.05, 3.63) is 48.3 Å². The van der Waals surface area contributed by atoms with Gasteiger partial charge in [-0.3, -0.25) is 4.79 Å². The molecule has 0 aliphatic carbocycles. The van der Waals surface area contributed by atoms with E-state index in [1.165, 1.54) is 23.9 Å². The van der Waals surface area contributed by atoms with Gasteiger partial charge in [0.1, 0.15) is 5.82 Å². The predicted octanol–water partition coefficient (Wildman–Crippen LogP) is 3.91. The Morgan fingerprint density at radius 2 is 2.00 bits per heavy atom. The van der Waals surface area contributed by atoms with Gasteiger partial charge in [0, 0.05) is 12.2 Å². The van der Waals surface area contributed by atoms with E-state index in [1.807, 2.05) is 4.57 Å². The molecule has 25 heavy (non-hydrogen) atoms. The second-order valence-corrected chi connectivity index (χ2v) is 6.56. The largest absolute Gasteiger partial charge is 0.416 e. The summed E-state index contributed by atoms with van der Waals surface area (Å²) in [6, 6.07) is 4.31. The third kappa shape index (κ3) is 4.85. The fourth-order valence-electron chi connectivity index (χ4n) is 1.99. The summed E-state index contributed by atoms with van der Waals surface area (Å²) in [5, 5.41) is 10.7. The van der Waals surface area contributed by atoms with Crippen molar-refractivity contribution < 1.29 is 18.0 Å². The molecule has 0 spiro atoms. The molecule has 1 aromatic carbocycles. The fourth-order valence-corrected chi connectivity index (χ4v) is 2.89. The number of carbonyl (C=O) groups excluding carboxylic acids is 1. The van der Waals surface area contributed by atoms with Crippen molar-refractivity contribution in [3.8, 4) is 0 Å². The maximum absolute atomic E-state index is 12.5. The number of alkyl halides is 3. The Balaban J connectivity index is 2.02. The van der Waals surface area contributed by atoms with Gasteiger partial charge in [-0.2, -0.15) is 13.2 Å². The molecule has 1 amide bonds. The van der Waals surface area contributed by atoms with E-state index in [-0.39, 0.29) is 5.91 Å². The first-order valence-electron chi connectivity index (χ1n) is 7.38. The Labute approximate surface area is 147 Å². The molecule has 134 valence electrons. The lowest BCUT2D eigenvalue weighted by atomic mass is 10.2. The van der Waals surface area contributed by atoms with Crippen molar-refractivity contribution >= 4 is 23.4 Å². The number of anilines is 1. The molecule has 0 radical (unpaired) electrons. The molecule has 0 fully saturated rings. The topological polar surface area (TPSA) is 59.8 Å². The number of hydrogen-bond donors (Lipinski definition) is 1. The zero-order chi connectivity index (χ0) is 18.6. The summed E-state index contributed by atoms with van der Waals surface area (Å²) < 4.78 is 39.4. The first-order valence-corrected chi connectivity index (χ1v) is 8.26. The lowest BCUT2D eigenvalue weighted by Crippen LogP contribution is -2.23. The van der Waals surface area contributed by atoms with Crippen molar-refractivity contribution in [1.29, 1.82) is 0 Å². The van der Waals surface area contributed by atoms with E-state index in [1.54, 1.807) is 19.9 Å². The Morgan fingerprint density at radius 3 is 2.56 bits per heavy atom. The number of nitrogens with zero attached hydrogens (tertiary/aromatic N) is 3. The van der Waals surface area contributed by atoms with Gasteiger partial charge in [0.15, 0.2) is 5.16 Å². The number of halogens is 3. The predicted molar refractivity (Wildman–Crippen MR) is 90.3 cm³/mol. The highest BCUT2D eigenvalue weighted by Crippen LogP contribution is 2.30. The average Bonchev–Trinajstić information content (AvgIpc) is 2.88. The molecular formula is C16H17F3N4OS. The molecule has 0 aliphatic rings. The first-order chi connectivity index (χ1) is 11.7. The Morgan fingerprint density at radius 1 is 1.36 bits per heavy atom. The maximum atomic E-state index is 12.5. The lowest BCUT2D eigenvalue weighted by Gasteiger charge is -2.13. The van der Waals surface area contributed by atoms with Crippen LogP contribution in [0.5, 0.6) is 0 Å². The van der Waals surface area contributed by atoms with Gasteiger partial charge in [-0.25, -0.2) is 0 Å². The van der Waals surface area contributed by atoms with Crippen LogP contribution in [-0.2, 0) is 17.5 Å². The molecule has 2 aromatic rings. The molecule has 0 aliphatic heterocycles. The molecule has 1 unspecified atom stereocenters. The highest BCUT2D eigenvalue weighted by atomic mass is 32.2. The van der Waals surface area contributed by atoms with Crippen molar-refractivity contribution in [2.24, 2.45) is 0 Å². The van der Waals surface area contributed by atoms with E-state index >= 15 is 0 Å². The summed E-state index contributed by atoms with van der Waals surface area (Å²) in [4.78, 5) is 12.2. The molecule has 1 atom stereocenters. The number of hydrogen-bond acceptors (Lipinski definition) is 4. The highest BCUT2D eigenvalue weighted by molar-refractivity contribution is 8.00. The number of thioether (sulfide) groups is 1. The number of allylic oxidation sites excluding steroid dienone is 1. The third-order valence-corrected chi connectivity index (χ3v) is 4.43. The summed E-state index contributed by atoms with van der Waals surface area (Å²) in [6.07, 6.45) is -2.70. The van der Waals surface area contributed by atoms with Crippen LogP contribution in [-0.4, -0.2) is 25.9 Å². The Hall–Kier alpha value is -2.29. The summed E-state index contributed by atoms with van der Waals surface area (Å²) in [5.74, 6) is 0.369. The number of amides is 1. The zero-order valence-electron chi connectivity index (χ0n) is 13.7.